The van der Waals surface area contributed by atoms with Gasteiger partial charge in [-0.05, 0) is 35.1 Å². The number of nitrogens with zero attached hydrogens (tertiary/aromatic N) is 4. The Hall–Kier alpha value is -3.55. The molecule has 1 aromatic carbocycles. The lowest BCUT2D eigenvalue weighted by atomic mass is 9.94. The summed E-state index contributed by atoms with van der Waals surface area (Å²) in [5.74, 6) is -0.287. The molecule has 0 fully saturated rings. The third-order valence-electron chi connectivity index (χ3n) is 4.76. The van der Waals surface area contributed by atoms with Gasteiger partial charge >= 0.3 is 11.8 Å². The van der Waals surface area contributed by atoms with Crippen molar-refractivity contribution in [3.05, 3.63) is 65.9 Å². The highest BCUT2D eigenvalue weighted by Crippen LogP contribution is 2.28. The van der Waals surface area contributed by atoms with Crippen LogP contribution >= 0.6 is 0 Å². The normalized spacial score (nSPS) is 11.0. The lowest BCUT2D eigenvalue weighted by Crippen LogP contribution is -2.35. The average Bonchev–Trinajstić information content (AvgIpc) is 3.26. The molecule has 8 nitrogen and oxygen atoms in total. The first-order valence-corrected chi connectivity index (χ1v) is 9.88. The average molecular weight is 406 g/mol. The number of benzene rings is 1. The smallest absolute Gasteiger partial charge is 0.313 e. The molecule has 0 atom stereocenters. The van der Waals surface area contributed by atoms with Gasteiger partial charge in [0.1, 0.15) is 12.7 Å². The van der Waals surface area contributed by atoms with Crippen LogP contribution in [-0.4, -0.2) is 31.6 Å². The quantitative estimate of drug-likeness (QED) is 0.612. The van der Waals surface area contributed by atoms with Gasteiger partial charge in [0.15, 0.2) is 5.82 Å². The van der Waals surface area contributed by atoms with Crippen molar-refractivity contribution >= 4 is 17.5 Å². The first-order chi connectivity index (χ1) is 14.4. The van der Waals surface area contributed by atoms with Crippen molar-refractivity contribution in [2.45, 2.75) is 46.1 Å². The van der Waals surface area contributed by atoms with Gasteiger partial charge in [0.05, 0.1) is 0 Å². The topological polar surface area (TPSA) is 102 Å². The van der Waals surface area contributed by atoms with Gasteiger partial charge in [0, 0.05) is 24.0 Å². The van der Waals surface area contributed by atoms with Crippen molar-refractivity contribution in [1.82, 2.24) is 25.1 Å². The summed E-state index contributed by atoms with van der Waals surface area (Å²) in [7, 11) is 0. The van der Waals surface area contributed by atoms with E-state index in [0.29, 0.717) is 23.0 Å². The summed E-state index contributed by atoms with van der Waals surface area (Å²) in [4.78, 5) is 33.1. The zero-order chi connectivity index (χ0) is 21.7. The number of pyridine rings is 1. The van der Waals surface area contributed by atoms with E-state index in [2.05, 4.69) is 59.5 Å². The fourth-order valence-corrected chi connectivity index (χ4v) is 3.06. The number of hydrogen-bond donors (Lipinski definition) is 2. The predicted molar refractivity (Wildman–Crippen MR) is 114 cm³/mol. The van der Waals surface area contributed by atoms with Crippen molar-refractivity contribution in [3.8, 4) is 5.82 Å². The number of hydrogen-bond acceptors (Lipinski definition) is 5. The number of aromatic nitrogens is 4. The Morgan fingerprint density at radius 3 is 2.53 bits per heavy atom. The van der Waals surface area contributed by atoms with Crippen LogP contribution < -0.4 is 10.6 Å². The molecule has 2 aromatic heterocycles. The molecular weight excluding hydrogens is 380 g/mol. The van der Waals surface area contributed by atoms with Gasteiger partial charge in [-0.1, -0.05) is 45.9 Å². The number of carbonyl (C=O) groups excluding carboxylic acids is 2. The number of anilines is 1. The van der Waals surface area contributed by atoms with Gasteiger partial charge in [0.2, 0.25) is 0 Å². The second-order valence-corrected chi connectivity index (χ2v) is 7.62. The van der Waals surface area contributed by atoms with Crippen LogP contribution in [-0.2, 0) is 16.1 Å². The van der Waals surface area contributed by atoms with Crippen LogP contribution in [0, 0.1) is 0 Å². The molecule has 0 aliphatic carbocycles. The number of amides is 2. The van der Waals surface area contributed by atoms with E-state index >= 15 is 0 Å². The van der Waals surface area contributed by atoms with Crippen LogP contribution in [0.5, 0.6) is 0 Å². The van der Waals surface area contributed by atoms with E-state index in [1.807, 2.05) is 18.2 Å². The zero-order valence-corrected chi connectivity index (χ0v) is 17.6. The van der Waals surface area contributed by atoms with Gasteiger partial charge in [-0.2, -0.15) is 5.10 Å². The number of nitrogens with one attached hydrogen (secondary N) is 2. The molecule has 30 heavy (non-hydrogen) atoms. The van der Waals surface area contributed by atoms with Gasteiger partial charge < -0.3 is 10.6 Å². The van der Waals surface area contributed by atoms with Crippen molar-refractivity contribution in [2.75, 3.05) is 5.32 Å². The Morgan fingerprint density at radius 1 is 1.07 bits per heavy atom. The second-order valence-electron chi connectivity index (χ2n) is 7.62. The van der Waals surface area contributed by atoms with Crippen molar-refractivity contribution < 1.29 is 9.59 Å². The molecule has 0 aliphatic heterocycles. The lowest BCUT2D eigenvalue weighted by molar-refractivity contribution is -0.136. The maximum absolute atomic E-state index is 12.5. The highest BCUT2D eigenvalue weighted by molar-refractivity contribution is 6.39. The Morgan fingerprint density at radius 2 is 1.87 bits per heavy atom. The number of rotatable bonds is 6. The molecule has 3 aromatic rings. The van der Waals surface area contributed by atoms with Crippen LogP contribution in [0.25, 0.3) is 5.82 Å². The third kappa shape index (κ3) is 4.89. The maximum Gasteiger partial charge on any atom is 0.313 e. The SMILES string of the molecule is CC(C)c1ccc(NC(=O)C(=O)NCc2cccnc2-n2cncn2)c(C(C)C)c1. The first-order valence-electron chi connectivity index (χ1n) is 9.88. The van der Waals surface area contributed by atoms with Gasteiger partial charge in [-0.25, -0.2) is 14.6 Å². The Balaban J connectivity index is 1.69. The van der Waals surface area contributed by atoms with E-state index in [-0.39, 0.29) is 12.5 Å². The van der Waals surface area contributed by atoms with E-state index in [1.165, 1.54) is 22.9 Å². The summed E-state index contributed by atoms with van der Waals surface area (Å²) >= 11 is 0. The summed E-state index contributed by atoms with van der Waals surface area (Å²) in [5.41, 5.74) is 3.56. The van der Waals surface area contributed by atoms with Gasteiger partial charge in [0.25, 0.3) is 0 Å². The minimum absolute atomic E-state index is 0.138. The summed E-state index contributed by atoms with van der Waals surface area (Å²) in [6.45, 7) is 8.50. The molecule has 0 aliphatic rings. The van der Waals surface area contributed by atoms with E-state index in [1.54, 1.807) is 12.3 Å². The molecule has 0 unspecified atom stereocenters. The van der Waals surface area contributed by atoms with Crippen LogP contribution in [0.3, 0.4) is 0 Å². The Bertz CT molecular complexity index is 1030. The molecule has 8 heteroatoms. The lowest BCUT2D eigenvalue weighted by Gasteiger charge is -2.17. The molecule has 156 valence electrons. The van der Waals surface area contributed by atoms with Crippen LogP contribution in [0.1, 0.15) is 56.2 Å². The largest absolute Gasteiger partial charge is 0.344 e. The highest BCUT2D eigenvalue weighted by Gasteiger charge is 2.18. The molecule has 0 saturated carbocycles. The van der Waals surface area contributed by atoms with Crippen molar-refractivity contribution in [2.24, 2.45) is 0 Å². The molecule has 2 N–H and O–H groups in total. The van der Waals surface area contributed by atoms with Gasteiger partial charge in [-0.15, -0.1) is 0 Å². The van der Waals surface area contributed by atoms with E-state index < -0.39 is 11.8 Å². The molecule has 2 heterocycles. The summed E-state index contributed by atoms with van der Waals surface area (Å²) in [5, 5.41) is 9.45. The monoisotopic (exact) mass is 406 g/mol. The van der Waals surface area contributed by atoms with E-state index in [9.17, 15) is 9.59 Å². The Labute approximate surface area is 175 Å². The summed E-state index contributed by atoms with van der Waals surface area (Å²) in [6.07, 6.45) is 4.55. The van der Waals surface area contributed by atoms with Crippen molar-refractivity contribution in [3.63, 3.8) is 0 Å². The Kier molecular flexibility index (Phi) is 6.56. The molecule has 0 bridgehead atoms. The first kappa shape index (κ1) is 21.2. The fraction of sp³-hybridized carbons (Fsp3) is 0.318. The molecule has 3 rings (SSSR count). The van der Waals surface area contributed by atoms with Crippen LogP contribution in [0.15, 0.2) is 49.2 Å². The second kappa shape index (κ2) is 9.30. The van der Waals surface area contributed by atoms with E-state index in [4.69, 9.17) is 0 Å². The minimum Gasteiger partial charge on any atom is -0.344 e. The van der Waals surface area contributed by atoms with Crippen LogP contribution in [0.4, 0.5) is 5.69 Å². The standard InChI is InChI=1S/C22H26N6O2/c1-14(2)16-7-8-19(18(10-16)15(3)4)27-22(30)21(29)25-11-17-6-5-9-24-20(17)28-13-23-12-26-28/h5-10,12-15H,11H2,1-4H3,(H,25,29)(H,27,30). The fourth-order valence-electron chi connectivity index (χ4n) is 3.06. The molecular formula is C22H26N6O2. The summed E-state index contributed by atoms with van der Waals surface area (Å²) in [6, 6.07) is 9.49. The summed E-state index contributed by atoms with van der Waals surface area (Å²) < 4.78 is 1.51. The van der Waals surface area contributed by atoms with Crippen LogP contribution in [0.2, 0.25) is 0 Å². The molecule has 2 amide bonds. The highest BCUT2D eigenvalue weighted by atomic mass is 16.2. The molecule has 0 saturated heterocycles. The van der Waals surface area contributed by atoms with Crippen molar-refractivity contribution in [1.29, 1.82) is 0 Å². The minimum atomic E-state index is -0.717. The third-order valence-corrected chi connectivity index (χ3v) is 4.76. The molecule has 0 radical (unpaired) electrons. The van der Waals surface area contributed by atoms with E-state index in [0.717, 1.165) is 5.56 Å². The maximum atomic E-state index is 12.5. The number of carbonyl (C=O) groups is 2. The predicted octanol–water partition coefficient (Wildman–Crippen LogP) is 3.16. The molecule has 0 spiro atoms. The van der Waals surface area contributed by atoms with Gasteiger partial charge in [-0.3, -0.25) is 9.59 Å². The zero-order valence-electron chi connectivity index (χ0n) is 17.6.